The van der Waals surface area contributed by atoms with Gasteiger partial charge >= 0.3 is 12.2 Å². The molecule has 1 aromatic carbocycles. The van der Waals surface area contributed by atoms with Crippen LogP contribution in [0.25, 0.3) is 22.2 Å². The Hall–Kier alpha value is -3.56. The van der Waals surface area contributed by atoms with Gasteiger partial charge in [-0.2, -0.15) is 23.1 Å². The quantitative estimate of drug-likeness (QED) is 0.315. The SMILES string of the molecule is CC[C@@H]1CN2c3nc(OC[C@@H]4C[C@@H]5CN4CCO5)nc4c(F)c(-c5cc(N)c(F)c(C)c5C(F)(F)F)nc(c34)O[C@@H](C)[C@@H]2CN1. The Bertz CT molecular complexity index is 1660. The van der Waals surface area contributed by atoms with Gasteiger partial charge in [0, 0.05) is 43.8 Å². The Labute approximate surface area is 256 Å². The summed E-state index contributed by atoms with van der Waals surface area (Å²) in [5.74, 6) is -2.18. The van der Waals surface area contributed by atoms with Crippen LogP contribution in [0.3, 0.4) is 0 Å². The third-order valence-electron chi connectivity index (χ3n) is 9.44. The number of ether oxygens (including phenoxy) is 3. The third-order valence-corrected chi connectivity index (χ3v) is 9.44. The first kappa shape index (κ1) is 30.1. The number of halogens is 5. The van der Waals surface area contributed by atoms with Crippen molar-refractivity contribution >= 4 is 22.4 Å². The van der Waals surface area contributed by atoms with Crippen LogP contribution in [0.2, 0.25) is 0 Å². The second kappa shape index (κ2) is 11.1. The number of benzene rings is 1. The van der Waals surface area contributed by atoms with E-state index in [1.807, 2.05) is 18.7 Å². The Morgan fingerprint density at radius 1 is 1.16 bits per heavy atom. The van der Waals surface area contributed by atoms with Gasteiger partial charge in [0.1, 0.15) is 40.9 Å². The van der Waals surface area contributed by atoms with Crippen molar-refractivity contribution in [3.63, 3.8) is 0 Å². The van der Waals surface area contributed by atoms with Gasteiger partial charge in [0.2, 0.25) is 5.88 Å². The maximum Gasteiger partial charge on any atom is 0.417 e. The number of pyridine rings is 1. The number of alkyl halides is 3. The molecule has 10 nitrogen and oxygen atoms in total. The first-order valence-corrected chi connectivity index (χ1v) is 15.2. The summed E-state index contributed by atoms with van der Waals surface area (Å²) in [6.45, 7) is 8.27. The van der Waals surface area contributed by atoms with Crippen molar-refractivity contribution in [1.29, 1.82) is 0 Å². The lowest BCUT2D eigenvalue weighted by atomic mass is 9.96. The molecule has 3 saturated heterocycles. The van der Waals surface area contributed by atoms with E-state index in [0.29, 0.717) is 25.5 Å². The van der Waals surface area contributed by atoms with Gasteiger partial charge in [0.05, 0.1) is 30.0 Å². The zero-order chi connectivity index (χ0) is 31.8. The van der Waals surface area contributed by atoms with E-state index in [4.69, 9.17) is 24.9 Å². The Kier molecular flexibility index (Phi) is 7.40. The molecule has 3 aromatic rings. The van der Waals surface area contributed by atoms with Crippen molar-refractivity contribution < 1.29 is 36.2 Å². The van der Waals surface area contributed by atoms with Crippen LogP contribution in [0.4, 0.5) is 33.5 Å². The number of anilines is 2. The molecular formula is C30H34F5N7O3. The number of nitrogens with two attached hydrogens (primary N) is 1. The molecule has 45 heavy (non-hydrogen) atoms. The highest BCUT2D eigenvalue weighted by Crippen LogP contribution is 2.46. The molecule has 15 heteroatoms. The van der Waals surface area contributed by atoms with Crippen LogP contribution < -0.4 is 25.4 Å². The van der Waals surface area contributed by atoms with Crippen LogP contribution in [-0.2, 0) is 10.9 Å². The number of morpholine rings is 1. The molecule has 0 radical (unpaired) electrons. The lowest BCUT2D eigenvalue weighted by Gasteiger charge is -2.42. The summed E-state index contributed by atoms with van der Waals surface area (Å²) in [6, 6.07) is 0.526. The van der Waals surface area contributed by atoms with Crippen LogP contribution in [0.5, 0.6) is 11.9 Å². The van der Waals surface area contributed by atoms with Crippen molar-refractivity contribution in [2.45, 2.75) is 70.1 Å². The van der Waals surface area contributed by atoms with Gasteiger partial charge in [-0.3, -0.25) is 4.90 Å². The van der Waals surface area contributed by atoms with E-state index in [1.54, 1.807) is 0 Å². The fourth-order valence-electron chi connectivity index (χ4n) is 7.05. The van der Waals surface area contributed by atoms with Gasteiger partial charge in [-0.1, -0.05) is 6.92 Å². The predicted octanol–water partition coefficient (Wildman–Crippen LogP) is 4.07. The summed E-state index contributed by atoms with van der Waals surface area (Å²) in [7, 11) is 0. The van der Waals surface area contributed by atoms with E-state index in [2.05, 4.69) is 20.2 Å². The highest BCUT2D eigenvalue weighted by molar-refractivity contribution is 5.97. The molecule has 2 bridgehead atoms. The number of hydrogen-bond acceptors (Lipinski definition) is 10. The van der Waals surface area contributed by atoms with Gasteiger partial charge in [-0.05, 0) is 38.3 Å². The second-order valence-corrected chi connectivity index (χ2v) is 12.2. The molecule has 6 atom stereocenters. The van der Waals surface area contributed by atoms with Crippen molar-refractivity contribution in [2.24, 2.45) is 0 Å². The number of rotatable bonds is 5. The number of nitrogen functional groups attached to an aromatic ring is 1. The maximum absolute atomic E-state index is 16.7. The Balaban J connectivity index is 1.42. The first-order valence-electron chi connectivity index (χ1n) is 15.2. The number of piperazine rings is 1. The van der Waals surface area contributed by atoms with Gasteiger partial charge in [0.25, 0.3) is 0 Å². The smallest absolute Gasteiger partial charge is 0.417 e. The van der Waals surface area contributed by atoms with Crippen molar-refractivity contribution in [3.8, 4) is 23.1 Å². The van der Waals surface area contributed by atoms with Gasteiger partial charge in [-0.15, -0.1) is 0 Å². The summed E-state index contributed by atoms with van der Waals surface area (Å²) in [5.41, 5.74) is 1.31. The topological polar surface area (TPSA) is 111 Å². The molecule has 0 amide bonds. The summed E-state index contributed by atoms with van der Waals surface area (Å²) in [5, 5.41) is 3.62. The Morgan fingerprint density at radius 3 is 2.69 bits per heavy atom. The van der Waals surface area contributed by atoms with Crippen molar-refractivity contribution in [1.82, 2.24) is 25.2 Å². The number of nitrogens with one attached hydrogen (secondary N) is 1. The van der Waals surface area contributed by atoms with Gasteiger partial charge in [0.15, 0.2) is 5.82 Å². The summed E-state index contributed by atoms with van der Waals surface area (Å²) in [6.07, 6.45) is -3.85. The Morgan fingerprint density at radius 2 is 1.96 bits per heavy atom. The average Bonchev–Trinajstić information content (AvgIpc) is 3.22. The molecule has 2 aromatic heterocycles. The lowest BCUT2D eigenvalue weighted by molar-refractivity contribution is -0.137. The van der Waals surface area contributed by atoms with E-state index in [0.717, 1.165) is 38.9 Å². The van der Waals surface area contributed by atoms with Gasteiger partial charge < -0.3 is 30.2 Å². The number of hydrogen-bond donors (Lipinski definition) is 2. The molecule has 7 rings (SSSR count). The first-order chi connectivity index (χ1) is 21.4. The molecule has 242 valence electrons. The molecule has 3 fully saturated rings. The van der Waals surface area contributed by atoms with Crippen molar-refractivity contribution in [3.05, 3.63) is 28.8 Å². The third kappa shape index (κ3) is 5.08. The van der Waals surface area contributed by atoms with E-state index < -0.39 is 52.0 Å². The van der Waals surface area contributed by atoms with Crippen LogP contribution in [0, 0.1) is 18.6 Å². The minimum atomic E-state index is -5.04. The molecule has 4 aliphatic heterocycles. The fourth-order valence-corrected chi connectivity index (χ4v) is 7.05. The highest BCUT2D eigenvalue weighted by Gasteiger charge is 2.42. The minimum Gasteiger partial charge on any atom is -0.472 e. The standard InChI is InChI=1S/C30H34F5N7O3/c1-4-15-10-42-20(9-37-15)14(3)45-28-21-26(39-29(40-27(21)42)44-12-16-7-17-11-41(16)5-6-43-17)24(32)25(38-28)18-8-19(36)23(31)13(2)22(18)30(33,34)35/h8,14-17,20,37H,4-7,9-12,36H2,1-3H3/t14-,15+,16-,17+,20-/m0/s1. The second-order valence-electron chi connectivity index (χ2n) is 12.2. The number of fused-ring (bicyclic) bond motifs is 4. The summed E-state index contributed by atoms with van der Waals surface area (Å²) < 4.78 is 92.5. The minimum absolute atomic E-state index is 0.0450. The number of nitrogens with zero attached hydrogens (tertiary/aromatic N) is 5. The molecule has 0 aliphatic carbocycles. The summed E-state index contributed by atoms with van der Waals surface area (Å²) >= 11 is 0. The van der Waals surface area contributed by atoms with Crippen LogP contribution in [0.15, 0.2) is 6.07 Å². The fraction of sp³-hybridized carbons (Fsp3) is 0.567. The van der Waals surface area contributed by atoms with Gasteiger partial charge in [-0.25, -0.2) is 13.8 Å². The molecular weight excluding hydrogens is 601 g/mol. The molecule has 0 saturated carbocycles. The lowest BCUT2D eigenvalue weighted by Crippen LogP contribution is -2.60. The predicted molar refractivity (Wildman–Crippen MR) is 155 cm³/mol. The van der Waals surface area contributed by atoms with Crippen LogP contribution >= 0.6 is 0 Å². The van der Waals surface area contributed by atoms with Crippen LogP contribution in [-0.4, -0.2) is 89.6 Å². The molecule has 4 aliphatic rings. The normalized spacial score (nSPS) is 27.7. The average molecular weight is 636 g/mol. The monoisotopic (exact) mass is 635 g/mol. The van der Waals surface area contributed by atoms with E-state index >= 15 is 4.39 Å². The maximum atomic E-state index is 16.7. The van der Waals surface area contributed by atoms with E-state index in [-0.39, 0.29) is 53.6 Å². The molecule has 3 N–H and O–H groups in total. The molecule has 6 heterocycles. The van der Waals surface area contributed by atoms with E-state index in [1.165, 1.54) is 0 Å². The van der Waals surface area contributed by atoms with Crippen molar-refractivity contribution in [2.75, 3.05) is 50.0 Å². The molecule has 1 unspecified atom stereocenters. The molecule has 0 spiro atoms. The van der Waals surface area contributed by atoms with E-state index in [9.17, 15) is 17.6 Å². The zero-order valence-corrected chi connectivity index (χ0v) is 25.0. The van der Waals surface area contributed by atoms with Crippen LogP contribution in [0.1, 0.15) is 37.8 Å². The largest absolute Gasteiger partial charge is 0.472 e. The zero-order valence-electron chi connectivity index (χ0n) is 25.0. The summed E-state index contributed by atoms with van der Waals surface area (Å²) in [4.78, 5) is 17.7. The highest BCUT2D eigenvalue weighted by atomic mass is 19.4. The number of aromatic nitrogens is 3.